The minimum absolute atomic E-state index is 0.0718. The van der Waals surface area contributed by atoms with Gasteiger partial charge in [0.15, 0.2) is 0 Å². The Morgan fingerprint density at radius 2 is 2.00 bits per heavy atom. The quantitative estimate of drug-likeness (QED) is 0.420. The zero-order valence-corrected chi connectivity index (χ0v) is 13.9. The molecule has 0 bridgehead atoms. The molecule has 0 saturated heterocycles. The Labute approximate surface area is 140 Å². The van der Waals surface area contributed by atoms with Crippen molar-refractivity contribution in [2.24, 2.45) is 5.73 Å². The number of thiophene rings is 2. The number of amidine groups is 1. The molecule has 2 aromatic heterocycles. The van der Waals surface area contributed by atoms with Crippen LogP contribution in [0.1, 0.15) is 19.4 Å². The smallest absolute Gasteiger partial charge is 0.348 e. The summed E-state index contributed by atoms with van der Waals surface area (Å²) in [5.74, 6) is 0.475. The highest BCUT2D eigenvalue weighted by atomic mass is 32.1. The van der Waals surface area contributed by atoms with Crippen LogP contribution in [0.25, 0.3) is 10.1 Å². The first-order valence-electron chi connectivity index (χ1n) is 6.74. The minimum Gasteiger partial charge on any atom is -0.488 e. The van der Waals surface area contributed by atoms with Gasteiger partial charge in [-0.15, -0.1) is 22.7 Å². The summed E-state index contributed by atoms with van der Waals surface area (Å²) in [4.78, 5) is 13.7. The van der Waals surface area contributed by atoms with Gasteiger partial charge in [-0.1, -0.05) is 0 Å². The Balaban J connectivity index is 1.72. The maximum absolute atomic E-state index is 11.4. The van der Waals surface area contributed by atoms with Crippen LogP contribution in [0.15, 0.2) is 36.4 Å². The number of nitrogen functional groups attached to an aromatic ring is 1. The van der Waals surface area contributed by atoms with Crippen LogP contribution in [0, 0.1) is 5.41 Å². The van der Waals surface area contributed by atoms with Crippen molar-refractivity contribution in [3.05, 3.63) is 51.0 Å². The van der Waals surface area contributed by atoms with Gasteiger partial charge in [-0.2, -0.15) is 0 Å². The highest BCUT2D eigenvalue weighted by Gasteiger charge is 2.10. The van der Waals surface area contributed by atoms with E-state index < -0.39 is 0 Å². The van der Waals surface area contributed by atoms with Crippen LogP contribution in [0.2, 0.25) is 0 Å². The molecule has 3 aromatic rings. The fraction of sp³-hybridized carbons (Fsp3) is 0.125. The van der Waals surface area contributed by atoms with E-state index in [0.29, 0.717) is 11.5 Å². The number of rotatable bonds is 5. The molecular weight excluding hydrogens is 332 g/mol. The van der Waals surface area contributed by atoms with Crippen LogP contribution in [0.4, 0.5) is 0 Å². The van der Waals surface area contributed by atoms with Crippen LogP contribution >= 0.6 is 22.7 Å². The zero-order chi connectivity index (χ0) is 16.4. The summed E-state index contributed by atoms with van der Waals surface area (Å²) in [7, 11) is 1.36. The van der Waals surface area contributed by atoms with E-state index in [1.807, 2.05) is 30.3 Å². The van der Waals surface area contributed by atoms with E-state index >= 15 is 0 Å². The number of nitrogens with one attached hydrogen (secondary N) is 1. The van der Waals surface area contributed by atoms with Crippen LogP contribution in [-0.2, 0) is 11.3 Å². The molecule has 2 heterocycles. The molecule has 0 fully saturated rings. The van der Waals surface area contributed by atoms with Gasteiger partial charge in [0.1, 0.15) is 23.1 Å². The molecule has 3 rings (SSSR count). The number of hydrogen-bond donors (Lipinski definition) is 2. The van der Waals surface area contributed by atoms with Crippen molar-refractivity contribution < 1.29 is 14.3 Å². The molecule has 0 atom stereocenters. The maximum Gasteiger partial charge on any atom is 0.348 e. The number of ether oxygens (including phenoxy) is 2. The topological polar surface area (TPSA) is 85.4 Å². The Kier molecular flexibility index (Phi) is 4.31. The second-order valence-electron chi connectivity index (χ2n) is 4.77. The molecule has 0 aliphatic heterocycles. The number of benzene rings is 1. The number of carbonyl (C=O) groups is 1. The average molecular weight is 346 g/mol. The molecule has 0 spiro atoms. The average Bonchev–Trinajstić information content (AvgIpc) is 3.18. The normalized spacial score (nSPS) is 10.7. The van der Waals surface area contributed by atoms with E-state index in [9.17, 15) is 4.79 Å². The summed E-state index contributed by atoms with van der Waals surface area (Å²) in [6.07, 6.45) is 0. The molecule has 0 unspecified atom stereocenters. The number of methoxy groups -OCH3 is 1. The fourth-order valence-electron chi connectivity index (χ4n) is 2.05. The molecule has 118 valence electrons. The van der Waals surface area contributed by atoms with E-state index in [1.54, 1.807) is 6.07 Å². The molecule has 23 heavy (non-hydrogen) atoms. The number of esters is 1. The van der Waals surface area contributed by atoms with Crippen molar-refractivity contribution in [3.8, 4) is 5.75 Å². The van der Waals surface area contributed by atoms with Crippen molar-refractivity contribution >= 4 is 44.6 Å². The summed E-state index contributed by atoms with van der Waals surface area (Å²) in [6.45, 7) is 0.387. The van der Waals surface area contributed by atoms with Crippen LogP contribution < -0.4 is 10.5 Å². The SMILES string of the molecule is COC(=O)c1ccc(COc2ccc3cc(C(=N)N)sc3c2)s1. The first-order chi connectivity index (χ1) is 11.1. The van der Waals surface area contributed by atoms with Gasteiger partial charge in [-0.25, -0.2) is 4.79 Å². The number of nitrogens with two attached hydrogens (primary N) is 1. The van der Waals surface area contributed by atoms with Gasteiger partial charge in [0.2, 0.25) is 0 Å². The second kappa shape index (κ2) is 6.39. The molecule has 5 nitrogen and oxygen atoms in total. The molecule has 7 heteroatoms. The van der Waals surface area contributed by atoms with Crippen molar-refractivity contribution in [1.29, 1.82) is 5.41 Å². The first kappa shape index (κ1) is 15.5. The lowest BCUT2D eigenvalue weighted by molar-refractivity contribution is 0.0606. The predicted molar refractivity (Wildman–Crippen MR) is 92.8 cm³/mol. The third-order valence-electron chi connectivity index (χ3n) is 3.19. The predicted octanol–water partition coefficient (Wildman–Crippen LogP) is 3.61. The molecule has 3 N–H and O–H groups in total. The largest absolute Gasteiger partial charge is 0.488 e. The van der Waals surface area contributed by atoms with Crippen molar-refractivity contribution in [1.82, 2.24) is 0 Å². The molecule has 0 amide bonds. The monoisotopic (exact) mass is 346 g/mol. The minimum atomic E-state index is -0.335. The number of carbonyl (C=O) groups excluding carboxylic acids is 1. The van der Waals surface area contributed by atoms with Crippen LogP contribution in [0.3, 0.4) is 0 Å². The van der Waals surface area contributed by atoms with E-state index in [0.717, 1.165) is 25.6 Å². The van der Waals surface area contributed by atoms with Gasteiger partial charge in [0.25, 0.3) is 0 Å². The molecular formula is C16H14N2O3S2. The summed E-state index contributed by atoms with van der Waals surface area (Å²) in [5.41, 5.74) is 5.51. The van der Waals surface area contributed by atoms with Crippen molar-refractivity contribution in [2.75, 3.05) is 7.11 Å². The van der Waals surface area contributed by atoms with E-state index in [2.05, 4.69) is 4.74 Å². The third-order valence-corrected chi connectivity index (χ3v) is 5.36. The lowest BCUT2D eigenvalue weighted by atomic mass is 10.2. The maximum atomic E-state index is 11.4. The number of hydrogen-bond acceptors (Lipinski definition) is 6. The Morgan fingerprint density at radius 1 is 1.17 bits per heavy atom. The Morgan fingerprint density at radius 3 is 2.74 bits per heavy atom. The molecule has 0 saturated carbocycles. The summed E-state index contributed by atoms with van der Waals surface area (Å²) in [5, 5.41) is 8.53. The molecule has 0 aliphatic rings. The van der Waals surface area contributed by atoms with E-state index in [4.69, 9.17) is 15.9 Å². The van der Waals surface area contributed by atoms with E-state index in [1.165, 1.54) is 29.8 Å². The van der Waals surface area contributed by atoms with Gasteiger partial charge in [-0.05, 0) is 41.8 Å². The second-order valence-corrected chi connectivity index (χ2v) is 7.02. The standard InChI is InChI=1S/C16H14N2O3S2/c1-20-16(19)12-5-4-11(22-12)8-21-10-3-2-9-6-14(15(17)18)23-13(9)7-10/h2-7H,8H2,1H3,(H3,17,18). The summed E-state index contributed by atoms with van der Waals surface area (Å²) < 4.78 is 11.5. The molecule has 0 radical (unpaired) electrons. The third kappa shape index (κ3) is 3.35. The van der Waals surface area contributed by atoms with Crippen molar-refractivity contribution in [2.45, 2.75) is 6.61 Å². The highest BCUT2D eigenvalue weighted by molar-refractivity contribution is 7.20. The van der Waals surface area contributed by atoms with Gasteiger partial charge >= 0.3 is 5.97 Å². The van der Waals surface area contributed by atoms with E-state index in [-0.39, 0.29) is 11.8 Å². The molecule has 0 aliphatic carbocycles. The van der Waals surface area contributed by atoms with Gasteiger partial charge in [0, 0.05) is 9.58 Å². The first-order valence-corrected chi connectivity index (χ1v) is 8.38. The Hall–Kier alpha value is -2.38. The highest BCUT2D eigenvalue weighted by Crippen LogP contribution is 2.29. The van der Waals surface area contributed by atoms with Crippen LogP contribution in [0.5, 0.6) is 5.75 Å². The van der Waals surface area contributed by atoms with Crippen LogP contribution in [-0.4, -0.2) is 18.9 Å². The lowest BCUT2D eigenvalue weighted by Gasteiger charge is -2.04. The summed E-state index contributed by atoms with van der Waals surface area (Å²) in [6, 6.07) is 11.2. The van der Waals surface area contributed by atoms with Crippen molar-refractivity contribution in [3.63, 3.8) is 0 Å². The lowest BCUT2D eigenvalue weighted by Crippen LogP contribution is -2.08. The van der Waals surface area contributed by atoms with Gasteiger partial charge in [-0.3, -0.25) is 5.41 Å². The van der Waals surface area contributed by atoms with Gasteiger partial charge in [0.05, 0.1) is 12.0 Å². The van der Waals surface area contributed by atoms with Gasteiger partial charge < -0.3 is 15.2 Å². The Bertz CT molecular complexity index is 882. The summed E-state index contributed by atoms with van der Waals surface area (Å²) >= 11 is 2.82. The number of fused-ring (bicyclic) bond motifs is 1. The molecule has 1 aromatic carbocycles. The zero-order valence-electron chi connectivity index (χ0n) is 12.3. The fourth-order valence-corrected chi connectivity index (χ4v) is 3.85.